The first-order valence-corrected chi connectivity index (χ1v) is 18.3. The van der Waals surface area contributed by atoms with Crippen molar-refractivity contribution in [1.82, 2.24) is 24.4 Å². The highest BCUT2D eigenvalue weighted by Crippen LogP contribution is 2.29. The second-order valence-corrected chi connectivity index (χ2v) is 16.3. The predicted octanol–water partition coefficient (Wildman–Crippen LogP) is 4.29. The Morgan fingerprint density at radius 2 is 1.70 bits per heavy atom. The zero-order chi connectivity index (χ0) is 36.6. The fourth-order valence-electron chi connectivity index (χ4n) is 6.17. The highest BCUT2D eigenvalue weighted by molar-refractivity contribution is 7.89. The molecule has 3 amide bonds. The van der Waals surface area contributed by atoms with Gasteiger partial charge in [0.15, 0.2) is 0 Å². The highest BCUT2D eigenvalue weighted by atomic mass is 32.2. The first-order chi connectivity index (χ1) is 23.6. The molecule has 1 saturated heterocycles. The third-order valence-electron chi connectivity index (χ3n) is 8.63. The minimum Gasteiger partial charge on any atom is -0.411 e. The summed E-state index contributed by atoms with van der Waals surface area (Å²) in [6.45, 7) is 12.4. The number of nitrogens with one attached hydrogen (secondary N) is 1. The average Bonchev–Trinajstić information content (AvgIpc) is 3.40. The molecule has 4 rings (SSSR count). The maximum absolute atomic E-state index is 14.3. The van der Waals surface area contributed by atoms with Crippen LogP contribution in [-0.4, -0.2) is 100 Å². The lowest BCUT2D eigenvalue weighted by molar-refractivity contribution is -0.130. The lowest BCUT2D eigenvalue weighted by atomic mass is 9.84. The largest absolute Gasteiger partial charge is 0.411 e. The van der Waals surface area contributed by atoms with Crippen molar-refractivity contribution in [2.75, 3.05) is 26.2 Å². The van der Waals surface area contributed by atoms with Crippen LogP contribution in [0.25, 0.3) is 0 Å². The number of sulfonamides is 1. The summed E-state index contributed by atoms with van der Waals surface area (Å²) in [5.74, 6) is -0.492. The number of hydrogen-bond donors (Lipinski definition) is 3. The summed E-state index contributed by atoms with van der Waals surface area (Å²) in [4.78, 5) is 35.7. The van der Waals surface area contributed by atoms with E-state index in [0.29, 0.717) is 25.2 Å². The van der Waals surface area contributed by atoms with E-state index in [0.717, 1.165) is 16.8 Å². The lowest BCUT2D eigenvalue weighted by Gasteiger charge is -2.38. The number of carbonyl (C=O) groups is 2. The van der Waals surface area contributed by atoms with Crippen LogP contribution in [0.2, 0.25) is 0 Å². The van der Waals surface area contributed by atoms with Crippen LogP contribution in [0.5, 0.6) is 0 Å². The van der Waals surface area contributed by atoms with Gasteiger partial charge in [0.2, 0.25) is 15.9 Å². The van der Waals surface area contributed by atoms with Crippen LogP contribution >= 0.6 is 0 Å². The monoisotopic (exact) mass is 706 g/mol. The van der Waals surface area contributed by atoms with Gasteiger partial charge in [-0.2, -0.15) is 4.31 Å². The molecule has 2 heterocycles. The molecule has 1 aliphatic heterocycles. The van der Waals surface area contributed by atoms with Crippen LogP contribution < -0.4 is 5.32 Å². The van der Waals surface area contributed by atoms with Gasteiger partial charge >= 0.3 is 6.03 Å². The molecule has 0 aliphatic carbocycles. The summed E-state index contributed by atoms with van der Waals surface area (Å²) in [5, 5.41) is 26.7. The molecule has 3 N–H and O–H groups in total. The van der Waals surface area contributed by atoms with Gasteiger partial charge in [0.25, 0.3) is 0 Å². The number of rotatable bonds is 15. The molecule has 0 unspecified atom stereocenters. The van der Waals surface area contributed by atoms with E-state index in [9.17, 15) is 23.1 Å². The highest BCUT2D eigenvalue weighted by Gasteiger charge is 2.44. The summed E-state index contributed by atoms with van der Waals surface area (Å²) >= 11 is 0. The molecule has 0 saturated carbocycles. The van der Waals surface area contributed by atoms with Gasteiger partial charge in [-0.05, 0) is 59.6 Å². The van der Waals surface area contributed by atoms with Crippen molar-refractivity contribution in [2.45, 2.75) is 77.6 Å². The number of urea groups is 1. The molecule has 13 heteroatoms. The first kappa shape index (κ1) is 38.5. The maximum atomic E-state index is 14.3. The van der Waals surface area contributed by atoms with E-state index in [-0.39, 0.29) is 36.4 Å². The molecule has 0 spiro atoms. The fraction of sp³-hybridized carbons (Fsp3) is 0.459. The molecule has 270 valence electrons. The van der Waals surface area contributed by atoms with Gasteiger partial charge in [-0.1, -0.05) is 88.3 Å². The summed E-state index contributed by atoms with van der Waals surface area (Å²) in [5.41, 5.74) is 2.48. The number of aryl methyl sites for hydroxylation is 1. The molecular weight excluding hydrogens is 657 g/mol. The summed E-state index contributed by atoms with van der Waals surface area (Å²) in [7, 11) is -4.06. The van der Waals surface area contributed by atoms with Crippen molar-refractivity contribution < 1.29 is 28.3 Å². The van der Waals surface area contributed by atoms with Crippen molar-refractivity contribution in [3.63, 3.8) is 0 Å². The van der Waals surface area contributed by atoms with E-state index in [1.807, 2.05) is 84.0 Å². The number of nitrogens with zero attached hydrogens (tertiary/aromatic N) is 5. The van der Waals surface area contributed by atoms with Crippen molar-refractivity contribution in [1.29, 1.82) is 0 Å². The minimum atomic E-state index is -4.06. The first-order valence-electron chi connectivity index (χ1n) is 16.9. The number of benzene rings is 2. The third kappa shape index (κ3) is 9.89. The van der Waals surface area contributed by atoms with Crippen LogP contribution in [-0.2, 0) is 27.8 Å². The number of aromatic nitrogens is 1. The number of pyridine rings is 1. The van der Waals surface area contributed by atoms with Crippen LogP contribution in [0, 0.1) is 18.3 Å². The standard InChI is InChI=1S/C37H50N6O6S/c1-26(2)23-42(50(48,49)31-16-14-29(15-17-31)22-39-47)25-33(44)32(20-28-10-8-7-9-11-28)40-35(45)34(37(4,5)6)43-19-18-41(36(43)46)24-30-13-12-27(3)38-21-30/h7-17,21-22,26,32-34,44,47H,18-20,23-25H2,1-6H3,(H,40,45)/t32-,33-,34+/m0/s1. The minimum absolute atomic E-state index is 0.0235. The van der Waals surface area contributed by atoms with E-state index in [4.69, 9.17) is 5.21 Å². The molecule has 0 bridgehead atoms. The van der Waals surface area contributed by atoms with Crippen LogP contribution in [0.3, 0.4) is 0 Å². The molecule has 3 atom stereocenters. The molecule has 1 fully saturated rings. The SMILES string of the molecule is Cc1ccc(CN2CCN([C@H](C(=O)N[C@@H](Cc3ccccc3)[C@@H](O)CN(CC(C)C)S(=O)(=O)c3ccc(C=NO)cc3)C(C)(C)C)C2=O)cn1. The zero-order valence-corrected chi connectivity index (χ0v) is 30.5. The van der Waals surface area contributed by atoms with Crippen LogP contribution in [0.1, 0.15) is 57.0 Å². The van der Waals surface area contributed by atoms with E-state index in [1.54, 1.807) is 16.0 Å². The van der Waals surface area contributed by atoms with E-state index in [1.165, 1.54) is 34.8 Å². The Labute approximate surface area is 295 Å². The Kier molecular flexibility index (Phi) is 12.8. The van der Waals surface area contributed by atoms with Gasteiger partial charge in [0.05, 0.1) is 23.3 Å². The summed E-state index contributed by atoms with van der Waals surface area (Å²) < 4.78 is 29.0. The van der Waals surface area contributed by atoms with Gasteiger partial charge in [-0.3, -0.25) is 9.78 Å². The Hall–Kier alpha value is -4.33. The Balaban J connectivity index is 1.59. The van der Waals surface area contributed by atoms with Crippen molar-refractivity contribution in [2.24, 2.45) is 16.5 Å². The molecule has 2 aromatic carbocycles. The number of amides is 3. The second kappa shape index (κ2) is 16.6. The van der Waals surface area contributed by atoms with Crippen molar-refractivity contribution in [3.05, 3.63) is 95.3 Å². The molecule has 12 nitrogen and oxygen atoms in total. The number of aliphatic hydroxyl groups excluding tert-OH is 1. The third-order valence-corrected chi connectivity index (χ3v) is 10.5. The van der Waals surface area contributed by atoms with E-state index in [2.05, 4.69) is 15.5 Å². The topological polar surface area (TPSA) is 156 Å². The van der Waals surface area contributed by atoms with Gasteiger partial charge in [0, 0.05) is 44.6 Å². The Morgan fingerprint density at radius 1 is 1.02 bits per heavy atom. The molecule has 3 aromatic rings. The predicted molar refractivity (Wildman–Crippen MR) is 192 cm³/mol. The Morgan fingerprint density at radius 3 is 2.28 bits per heavy atom. The van der Waals surface area contributed by atoms with Gasteiger partial charge in [-0.25, -0.2) is 13.2 Å². The normalized spacial score (nSPS) is 16.0. The Bertz CT molecular complexity index is 1710. The van der Waals surface area contributed by atoms with Crippen LogP contribution in [0.15, 0.2) is 83.0 Å². The molecule has 0 radical (unpaired) electrons. The summed E-state index contributed by atoms with van der Waals surface area (Å²) in [6, 6.07) is 17.1. The average molecular weight is 707 g/mol. The lowest BCUT2D eigenvalue weighted by Crippen LogP contribution is -2.59. The zero-order valence-electron chi connectivity index (χ0n) is 29.7. The molecule has 1 aliphatic rings. The molecule has 50 heavy (non-hydrogen) atoms. The smallest absolute Gasteiger partial charge is 0.321 e. The van der Waals surface area contributed by atoms with Crippen molar-refractivity contribution in [3.8, 4) is 0 Å². The second-order valence-electron chi connectivity index (χ2n) is 14.4. The number of oxime groups is 1. The number of carbonyl (C=O) groups excluding carboxylic acids is 2. The van der Waals surface area contributed by atoms with Gasteiger partial charge in [-0.15, -0.1) is 0 Å². The van der Waals surface area contributed by atoms with Crippen molar-refractivity contribution >= 4 is 28.2 Å². The van der Waals surface area contributed by atoms with Gasteiger partial charge in [0.1, 0.15) is 6.04 Å². The quantitative estimate of drug-likeness (QED) is 0.121. The maximum Gasteiger partial charge on any atom is 0.321 e. The molecule has 1 aromatic heterocycles. The van der Waals surface area contributed by atoms with E-state index < -0.39 is 39.5 Å². The van der Waals surface area contributed by atoms with Gasteiger partial charge < -0.3 is 25.4 Å². The van der Waals surface area contributed by atoms with E-state index >= 15 is 0 Å². The number of hydrogen-bond acceptors (Lipinski definition) is 8. The fourth-order valence-corrected chi connectivity index (χ4v) is 7.79. The van der Waals surface area contributed by atoms with Crippen LogP contribution in [0.4, 0.5) is 4.79 Å². The number of aliphatic hydroxyl groups is 1. The summed E-state index contributed by atoms with van der Waals surface area (Å²) in [6.07, 6.45) is 1.88. The molecular formula is C37H50N6O6S.